The Hall–Kier alpha value is -6.47. The molecule has 0 spiro atoms. The summed E-state index contributed by atoms with van der Waals surface area (Å²) in [6.45, 7) is 5.47. The van der Waals surface area contributed by atoms with Crippen molar-refractivity contribution in [2.24, 2.45) is 7.05 Å². The summed E-state index contributed by atoms with van der Waals surface area (Å²) in [6, 6.07) is 13.3. The van der Waals surface area contributed by atoms with Crippen LogP contribution in [0, 0.1) is 0 Å². The molecule has 3 N–H and O–H groups in total. The van der Waals surface area contributed by atoms with Gasteiger partial charge in [0.05, 0.1) is 52.0 Å². The van der Waals surface area contributed by atoms with E-state index in [1.807, 2.05) is 65.2 Å². The number of hydrogen-bond acceptors (Lipinski definition) is 13. The van der Waals surface area contributed by atoms with Crippen molar-refractivity contribution < 1.29 is 23.6 Å². The molecule has 7 aromatic rings. The summed E-state index contributed by atoms with van der Waals surface area (Å²) in [5.74, 6) is 1.80. The number of likely N-dealkylation sites (tertiary alicyclic amines) is 2. The van der Waals surface area contributed by atoms with Crippen LogP contribution >= 0.6 is 22.7 Å². The third kappa shape index (κ3) is 8.67. The molecule has 320 valence electrons. The molecular formula is C43H46N12O5S2. The van der Waals surface area contributed by atoms with E-state index in [9.17, 15) is 14.4 Å². The van der Waals surface area contributed by atoms with Gasteiger partial charge in [-0.3, -0.25) is 20.4 Å². The average molecular weight is 875 g/mol. The quantitative estimate of drug-likeness (QED) is 0.110. The molecule has 2 fully saturated rings. The highest BCUT2D eigenvalue weighted by Crippen LogP contribution is 2.37. The fraction of sp³-hybridized carbons (Fsp3) is 0.372. The fourth-order valence-corrected chi connectivity index (χ4v) is 10.1. The first-order valence-corrected chi connectivity index (χ1v) is 22.2. The number of amides is 5. The van der Waals surface area contributed by atoms with Gasteiger partial charge >= 0.3 is 12.1 Å². The number of ether oxygens (including phenoxy) is 1. The van der Waals surface area contributed by atoms with Gasteiger partial charge in [0.25, 0.3) is 0 Å². The number of aryl methyl sites for hydroxylation is 1. The van der Waals surface area contributed by atoms with Crippen LogP contribution in [0.4, 0.5) is 19.9 Å². The Labute approximate surface area is 364 Å². The van der Waals surface area contributed by atoms with Gasteiger partial charge in [-0.25, -0.2) is 24.5 Å². The van der Waals surface area contributed by atoms with E-state index in [-0.39, 0.29) is 30.1 Å². The number of thiazole rings is 2. The van der Waals surface area contributed by atoms with Gasteiger partial charge < -0.3 is 28.9 Å². The normalized spacial score (nSPS) is 16.1. The van der Waals surface area contributed by atoms with Crippen molar-refractivity contribution in [2.75, 3.05) is 37.4 Å². The number of rotatable bonds is 12. The van der Waals surface area contributed by atoms with E-state index in [0.717, 1.165) is 49.2 Å². The minimum absolute atomic E-state index is 0.00762. The maximum absolute atomic E-state index is 13.4. The Morgan fingerprint density at radius 3 is 2.34 bits per heavy atom. The largest absolute Gasteiger partial charge is 0.495 e. The number of benzene rings is 2. The SMILES string of the molecule is COc1cncc(-c2ccc3nc(NC(=O)N4CCC(N5C(=O)CCC5CC(C)(C)c5nc(CCNC(=O)Nc6nc7ccc(-c8cncn8C)cc7s6)no5)CC4)sc3c2)c1. The standard InChI is InChI=1S/C43H46N12O5S2/c1-43(2,38-49-36(52-60-38)11-14-46-39(57)50-40-47-32-9-6-26(19-35(32)61-40)33-23-45-24-53(33)3)20-29-7-10-37(56)55(29)28-12-15-54(16-13-28)42(58)51-41-48-31-8-5-25(18-34(31)62-41)27-17-30(59-4)22-44-21-27/h5-6,8-9,17-19,21-24,28-29H,7,10-16,20H2,1-4H3,(H,48,51,58)(H2,46,47,50,57). The summed E-state index contributed by atoms with van der Waals surface area (Å²) in [6.07, 6.45) is 10.7. The van der Waals surface area contributed by atoms with Crippen LogP contribution in [0.3, 0.4) is 0 Å². The molecular weight excluding hydrogens is 829 g/mol. The molecule has 0 saturated carbocycles. The van der Waals surface area contributed by atoms with Crippen LogP contribution in [-0.2, 0) is 23.7 Å². The van der Waals surface area contributed by atoms with Crippen molar-refractivity contribution in [2.45, 2.75) is 69.9 Å². The van der Waals surface area contributed by atoms with Gasteiger partial charge in [-0.2, -0.15) is 4.98 Å². The maximum atomic E-state index is 13.4. The summed E-state index contributed by atoms with van der Waals surface area (Å²) in [7, 11) is 3.56. The summed E-state index contributed by atoms with van der Waals surface area (Å²) >= 11 is 2.83. The first kappa shape index (κ1) is 40.9. The number of urea groups is 2. The molecule has 1 atom stereocenters. The summed E-state index contributed by atoms with van der Waals surface area (Å²) in [5, 5.41) is 13.9. The molecule has 7 heterocycles. The highest BCUT2D eigenvalue weighted by Gasteiger charge is 2.42. The fourth-order valence-electron chi connectivity index (χ4n) is 8.34. The van der Waals surface area contributed by atoms with E-state index in [1.54, 1.807) is 30.7 Å². The maximum Gasteiger partial charge on any atom is 0.323 e. The lowest BCUT2D eigenvalue weighted by Gasteiger charge is -2.40. The predicted molar refractivity (Wildman–Crippen MR) is 237 cm³/mol. The highest BCUT2D eigenvalue weighted by atomic mass is 32.1. The van der Waals surface area contributed by atoms with Crippen molar-refractivity contribution in [1.82, 2.24) is 49.8 Å². The van der Waals surface area contributed by atoms with Crippen molar-refractivity contribution in [3.8, 4) is 28.1 Å². The number of carbonyl (C=O) groups is 3. The van der Waals surface area contributed by atoms with Crippen LogP contribution in [0.5, 0.6) is 5.75 Å². The van der Waals surface area contributed by atoms with E-state index in [4.69, 9.17) is 14.2 Å². The monoisotopic (exact) mass is 874 g/mol. The lowest BCUT2D eigenvalue weighted by Crippen LogP contribution is -2.51. The Morgan fingerprint density at radius 1 is 0.887 bits per heavy atom. The third-order valence-corrected chi connectivity index (χ3v) is 13.4. The molecule has 2 saturated heterocycles. The highest BCUT2D eigenvalue weighted by molar-refractivity contribution is 7.22. The molecule has 5 amide bonds. The molecule has 17 nitrogen and oxygen atoms in total. The number of methoxy groups -OCH3 is 1. The Balaban J connectivity index is 0.745. The zero-order chi connectivity index (χ0) is 43.0. The van der Waals surface area contributed by atoms with Crippen LogP contribution in [0.1, 0.15) is 57.7 Å². The topological polar surface area (TPSA) is 198 Å². The van der Waals surface area contributed by atoms with Crippen LogP contribution in [0.25, 0.3) is 42.8 Å². The van der Waals surface area contributed by atoms with Crippen molar-refractivity contribution in [3.63, 3.8) is 0 Å². The predicted octanol–water partition coefficient (Wildman–Crippen LogP) is 7.48. The second-order valence-corrected chi connectivity index (χ2v) is 18.3. The summed E-state index contributed by atoms with van der Waals surface area (Å²) in [4.78, 5) is 65.7. The van der Waals surface area contributed by atoms with Gasteiger partial charge in [-0.05, 0) is 61.6 Å². The van der Waals surface area contributed by atoms with Gasteiger partial charge in [0.2, 0.25) is 11.8 Å². The van der Waals surface area contributed by atoms with Gasteiger partial charge in [-0.15, -0.1) is 0 Å². The Bertz CT molecular complexity index is 2770. The number of aromatic nitrogens is 7. The molecule has 2 aromatic carbocycles. The Kier molecular flexibility index (Phi) is 11.3. The number of imidazole rings is 1. The minimum Gasteiger partial charge on any atom is -0.495 e. The van der Waals surface area contributed by atoms with Crippen LogP contribution < -0.4 is 20.7 Å². The molecule has 9 rings (SSSR count). The summed E-state index contributed by atoms with van der Waals surface area (Å²) < 4.78 is 14.9. The molecule has 0 bridgehead atoms. The van der Waals surface area contributed by atoms with E-state index in [2.05, 4.69) is 54.9 Å². The van der Waals surface area contributed by atoms with Gasteiger partial charge in [-0.1, -0.05) is 53.8 Å². The molecule has 62 heavy (non-hydrogen) atoms. The molecule has 5 aromatic heterocycles. The van der Waals surface area contributed by atoms with Crippen LogP contribution in [0.2, 0.25) is 0 Å². The van der Waals surface area contributed by atoms with Crippen LogP contribution in [-0.4, -0.2) is 101 Å². The number of hydrogen-bond donors (Lipinski definition) is 3. The van der Waals surface area contributed by atoms with Gasteiger partial charge in [0.15, 0.2) is 16.1 Å². The lowest BCUT2D eigenvalue weighted by molar-refractivity contribution is -0.132. The number of nitrogens with zero attached hydrogens (tertiary/aromatic N) is 9. The zero-order valence-corrected chi connectivity index (χ0v) is 36.4. The minimum atomic E-state index is -0.503. The summed E-state index contributed by atoms with van der Waals surface area (Å²) in [5.41, 5.74) is 5.04. The number of anilines is 2. The van der Waals surface area contributed by atoms with E-state index in [1.165, 1.54) is 22.7 Å². The van der Waals surface area contributed by atoms with Crippen molar-refractivity contribution in [1.29, 1.82) is 0 Å². The first-order chi connectivity index (χ1) is 30.0. The number of carbonyl (C=O) groups excluding carboxylic acids is 3. The third-order valence-electron chi connectivity index (χ3n) is 11.6. The second-order valence-electron chi connectivity index (χ2n) is 16.3. The zero-order valence-electron chi connectivity index (χ0n) is 34.8. The molecule has 2 aliphatic heterocycles. The van der Waals surface area contributed by atoms with Gasteiger partial charge in [0.1, 0.15) is 5.75 Å². The number of piperidine rings is 1. The molecule has 0 aliphatic carbocycles. The lowest BCUT2D eigenvalue weighted by atomic mass is 9.84. The smallest absolute Gasteiger partial charge is 0.323 e. The van der Waals surface area contributed by atoms with Crippen molar-refractivity contribution in [3.05, 3.63) is 79.1 Å². The molecule has 19 heteroatoms. The first-order valence-electron chi connectivity index (χ1n) is 20.5. The molecule has 1 unspecified atom stereocenters. The van der Waals surface area contributed by atoms with E-state index >= 15 is 0 Å². The molecule has 2 aliphatic rings. The second kappa shape index (κ2) is 17.1. The molecule has 0 radical (unpaired) electrons. The van der Waals surface area contributed by atoms with E-state index < -0.39 is 5.41 Å². The van der Waals surface area contributed by atoms with Crippen molar-refractivity contribution >= 4 is 71.3 Å². The average Bonchev–Trinajstić information content (AvgIpc) is 4.12. The van der Waals surface area contributed by atoms with Gasteiger partial charge in [0, 0.05) is 74.3 Å². The number of pyridine rings is 1. The van der Waals surface area contributed by atoms with Crippen LogP contribution in [0.15, 0.2) is 71.9 Å². The number of fused-ring (bicyclic) bond motifs is 2. The Morgan fingerprint density at radius 2 is 1.61 bits per heavy atom. The van der Waals surface area contributed by atoms with E-state index in [0.29, 0.717) is 79.5 Å². The number of nitrogens with one attached hydrogen (secondary N) is 3.